The van der Waals surface area contributed by atoms with E-state index in [1.807, 2.05) is 30.3 Å². The number of ether oxygens (including phenoxy) is 1. The Kier molecular flexibility index (Phi) is 6.01. The molecule has 6 heteroatoms. The number of methoxy groups -OCH3 is 1. The van der Waals surface area contributed by atoms with E-state index >= 15 is 0 Å². The lowest BCUT2D eigenvalue weighted by Crippen LogP contribution is -2.41. The number of nitrogens with two attached hydrogens (primary N) is 1. The molecule has 2 aromatic carbocycles. The highest BCUT2D eigenvalue weighted by molar-refractivity contribution is 5.96. The van der Waals surface area contributed by atoms with Crippen LogP contribution in [0.4, 0.5) is 0 Å². The highest BCUT2D eigenvalue weighted by Gasteiger charge is 2.31. The zero-order valence-electron chi connectivity index (χ0n) is 15.5. The summed E-state index contributed by atoms with van der Waals surface area (Å²) in [4.78, 5) is 31.2. The fraction of sp³-hybridized carbons (Fsp3) is 0.136. The first-order valence-electron chi connectivity index (χ1n) is 8.79. The first kappa shape index (κ1) is 19.1. The molecule has 2 N–H and O–H groups in total. The molecule has 142 valence electrons. The Balaban J connectivity index is 2.04. The van der Waals surface area contributed by atoms with Crippen molar-refractivity contribution in [3.05, 3.63) is 95.8 Å². The van der Waals surface area contributed by atoms with Crippen molar-refractivity contribution in [3.63, 3.8) is 0 Å². The van der Waals surface area contributed by atoms with Crippen LogP contribution in [0.5, 0.6) is 5.75 Å². The Morgan fingerprint density at radius 3 is 2.43 bits per heavy atom. The van der Waals surface area contributed by atoms with Crippen LogP contribution in [-0.4, -0.2) is 28.8 Å². The van der Waals surface area contributed by atoms with Crippen molar-refractivity contribution in [1.29, 1.82) is 0 Å². The van der Waals surface area contributed by atoms with Crippen molar-refractivity contribution in [2.24, 2.45) is 5.73 Å². The molecule has 0 saturated carbocycles. The zero-order valence-corrected chi connectivity index (χ0v) is 15.5. The number of carbonyl (C=O) groups is 2. The minimum absolute atomic E-state index is 0.176. The Morgan fingerprint density at radius 1 is 1.04 bits per heavy atom. The average Bonchev–Trinajstić information content (AvgIpc) is 2.74. The molecule has 1 aromatic heterocycles. The van der Waals surface area contributed by atoms with Gasteiger partial charge < -0.3 is 15.4 Å². The van der Waals surface area contributed by atoms with E-state index in [1.165, 1.54) is 4.90 Å². The topological polar surface area (TPSA) is 85.5 Å². The van der Waals surface area contributed by atoms with Crippen molar-refractivity contribution < 1.29 is 14.3 Å². The van der Waals surface area contributed by atoms with Gasteiger partial charge in [-0.3, -0.25) is 14.6 Å². The van der Waals surface area contributed by atoms with Gasteiger partial charge in [-0.2, -0.15) is 0 Å². The van der Waals surface area contributed by atoms with Crippen LogP contribution in [0.1, 0.15) is 27.7 Å². The maximum absolute atomic E-state index is 13.2. The summed E-state index contributed by atoms with van der Waals surface area (Å²) in [6.45, 7) is 0.176. The van der Waals surface area contributed by atoms with Crippen molar-refractivity contribution in [1.82, 2.24) is 9.88 Å². The summed E-state index contributed by atoms with van der Waals surface area (Å²) >= 11 is 0. The second-order valence-corrected chi connectivity index (χ2v) is 6.22. The lowest BCUT2D eigenvalue weighted by molar-refractivity contribution is -0.122. The number of benzene rings is 2. The highest BCUT2D eigenvalue weighted by Crippen LogP contribution is 2.25. The average molecular weight is 375 g/mol. The third-order valence-electron chi connectivity index (χ3n) is 4.33. The van der Waals surface area contributed by atoms with Crippen LogP contribution in [0.15, 0.2) is 79.0 Å². The number of hydrogen-bond acceptors (Lipinski definition) is 4. The molecule has 0 aliphatic rings. The SMILES string of the molecule is COc1cccc(CN(C(=O)c2ccccn2)[C@@H](C(N)=O)c2ccccc2)c1. The molecule has 0 bridgehead atoms. The van der Waals surface area contributed by atoms with Crippen molar-refractivity contribution in [3.8, 4) is 5.75 Å². The fourth-order valence-electron chi connectivity index (χ4n) is 3.02. The number of amides is 2. The third kappa shape index (κ3) is 4.35. The third-order valence-corrected chi connectivity index (χ3v) is 4.33. The minimum Gasteiger partial charge on any atom is -0.497 e. The number of hydrogen-bond donors (Lipinski definition) is 1. The van der Waals surface area contributed by atoms with E-state index in [0.717, 1.165) is 5.56 Å². The monoisotopic (exact) mass is 375 g/mol. The zero-order chi connectivity index (χ0) is 19.9. The lowest BCUT2D eigenvalue weighted by Gasteiger charge is -2.30. The Hall–Kier alpha value is -3.67. The maximum Gasteiger partial charge on any atom is 0.273 e. The number of primary amides is 1. The van der Waals surface area contributed by atoms with E-state index < -0.39 is 11.9 Å². The number of aromatic nitrogens is 1. The van der Waals surface area contributed by atoms with Gasteiger partial charge in [0.05, 0.1) is 7.11 Å². The predicted octanol–water partition coefficient (Wildman–Crippen LogP) is 2.96. The first-order valence-corrected chi connectivity index (χ1v) is 8.79. The summed E-state index contributed by atoms with van der Waals surface area (Å²) < 4.78 is 5.27. The molecule has 0 unspecified atom stereocenters. The van der Waals surface area contributed by atoms with Crippen LogP contribution < -0.4 is 10.5 Å². The normalized spacial score (nSPS) is 11.5. The highest BCUT2D eigenvalue weighted by atomic mass is 16.5. The predicted molar refractivity (Wildman–Crippen MR) is 105 cm³/mol. The molecule has 0 fully saturated rings. The summed E-state index contributed by atoms with van der Waals surface area (Å²) in [6, 6.07) is 20.5. The fourth-order valence-corrected chi connectivity index (χ4v) is 3.02. The second kappa shape index (κ2) is 8.81. The number of carbonyl (C=O) groups excluding carboxylic acids is 2. The summed E-state index contributed by atoms with van der Waals surface area (Å²) in [5, 5.41) is 0. The molecule has 0 spiro atoms. The Bertz CT molecular complexity index is 946. The minimum atomic E-state index is -0.929. The summed E-state index contributed by atoms with van der Waals surface area (Å²) in [5.41, 5.74) is 7.41. The van der Waals surface area contributed by atoms with Gasteiger partial charge in [-0.15, -0.1) is 0 Å². The molecule has 1 heterocycles. The molecular weight excluding hydrogens is 354 g/mol. The van der Waals surface area contributed by atoms with E-state index in [2.05, 4.69) is 4.98 Å². The van der Waals surface area contributed by atoms with E-state index in [0.29, 0.717) is 11.3 Å². The van der Waals surface area contributed by atoms with Crippen LogP contribution in [0.25, 0.3) is 0 Å². The van der Waals surface area contributed by atoms with Gasteiger partial charge in [0.15, 0.2) is 0 Å². The van der Waals surface area contributed by atoms with E-state index in [4.69, 9.17) is 10.5 Å². The van der Waals surface area contributed by atoms with Crippen LogP contribution in [-0.2, 0) is 11.3 Å². The molecule has 3 rings (SSSR count). The Morgan fingerprint density at radius 2 is 1.79 bits per heavy atom. The largest absolute Gasteiger partial charge is 0.497 e. The number of rotatable bonds is 7. The summed E-state index contributed by atoms with van der Waals surface area (Å²) in [5.74, 6) is -0.326. The molecule has 3 aromatic rings. The molecule has 0 aliphatic heterocycles. The molecule has 0 radical (unpaired) electrons. The van der Waals surface area contributed by atoms with Crippen LogP contribution in [0.3, 0.4) is 0 Å². The molecule has 2 amide bonds. The first-order chi connectivity index (χ1) is 13.6. The van der Waals surface area contributed by atoms with Gasteiger partial charge in [-0.25, -0.2) is 0 Å². The smallest absolute Gasteiger partial charge is 0.273 e. The second-order valence-electron chi connectivity index (χ2n) is 6.22. The van der Waals surface area contributed by atoms with Crippen molar-refractivity contribution >= 4 is 11.8 Å². The van der Waals surface area contributed by atoms with Crippen molar-refractivity contribution in [2.75, 3.05) is 7.11 Å². The molecule has 28 heavy (non-hydrogen) atoms. The van der Waals surface area contributed by atoms with Gasteiger partial charge in [-0.1, -0.05) is 48.5 Å². The standard InChI is InChI=1S/C22H21N3O3/c1-28-18-11-7-8-16(14-18)15-25(22(27)19-12-5-6-13-24-19)20(21(23)26)17-9-3-2-4-10-17/h2-14,20H,15H2,1H3,(H2,23,26)/t20-/m1/s1. The van der Waals surface area contributed by atoms with Gasteiger partial charge in [0, 0.05) is 12.7 Å². The van der Waals surface area contributed by atoms with Crippen LogP contribution in [0.2, 0.25) is 0 Å². The number of nitrogens with zero attached hydrogens (tertiary/aromatic N) is 2. The Labute approximate surface area is 163 Å². The van der Waals surface area contributed by atoms with Crippen LogP contribution >= 0.6 is 0 Å². The van der Waals surface area contributed by atoms with Gasteiger partial charge in [0.25, 0.3) is 5.91 Å². The van der Waals surface area contributed by atoms with E-state index in [1.54, 1.807) is 55.8 Å². The molecule has 0 saturated heterocycles. The van der Waals surface area contributed by atoms with Gasteiger partial charge in [0.1, 0.15) is 17.5 Å². The van der Waals surface area contributed by atoms with Gasteiger partial charge in [-0.05, 0) is 35.4 Å². The number of pyridine rings is 1. The summed E-state index contributed by atoms with van der Waals surface area (Å²) in [7, 11) is 1.58. The van der Waals surface area contributed by atoms with E-state index in [-0.39, 0.29) is 18.1 Å². The molecule has 6 nitrogen and oxygen atoms in total. The quantitative estimate of drug-likeness (QED) is 0.688. The van der Waals surface area contributed by atoms with E-state index in [9.17, 15) is 9.59 Å². The maximum atomic E-state index is 13.2. The van der Waals surface area contributed by atoms with Crippen LogP contribution in [0, 0.1) is 0 Å². The lowest BCUT2D eigenvalue weighted by atomic mass is 10.0. The molecule has 0 aliphatic carbocycles. The van der Waals surface area contributed by atoms with Crippen molar-refractivity contribution in [2.45, 2.75) is 12.6 Å². The molecule has 1 atom stereocenters. The molecular formula is C22H21N3O3. The summed E-state index contributed by atoms with van der Waals surface area (Å²) in [6.07, 6.45) is 1.54. The van der Waals surface area contributed by atoms with Gasteiger partial charge >= 0.3 is 0 Å². The van der Waals surface area contributed by atoms with Gasteiger partial charge in [0.2, 0.25) is 5.91 Å².